The number of aromatic nitrogens is 3. The molecule has 4 N–H and O–H groups in total. The summed E-state index contributed by atoms with van der Waals surface area (Å²) in [5, 5.41) is 30.7. The van der Waals surface area contributed by atoms with Crippen LogP contribution < -0.4 is 5.48 Å². The van der Waals surface area contributed by atoms with Crippen LogP contribution in [0, 0.1) is 12.3 Å². The highest BCUT2D eigenvalue weighted by Gasteiger charge is 2.53. The molecule has 1 aliphatic rings. The van der Waals surface area contributed by atoms with Gasteiger partial charge in [0.2, 0.25) is 0 Å². The molecule has 3 heterocycles. The number of rotatable bonds is 4. The first kappa shape index (κ1) is 16.6. The van der Waals surface area contributed by atoms with Crippen LogP contribution in [0.2, 0.25) is 0 Å². The zero-order valence-corrected chi connectivity index (χ0v) is 13.2. The van der Waals surface area contributed by atoms with E-state index in [0.29, 0.717) is 22.4 Å². The lowest BCUT2D eigenvalue weighted by atomic mass is 9.96. The molecule has 0 aliphatic carbocycles. The van der Waals surface area contributed by atoms with Crippen molar-refractivity contribution in [2.45, 2.75) is 31.0 Å². The maximum atomic E-state index is 10.6. The molecule has 9 nitrogen and oxygen atoms in total. The average Bonchev–Trinajstić information content (AvgIpc) is 3.04. The van der Waals surface area contributed by atoms with E-state index < -0.39 is 30.6 Å². The van der Waals surface area contributed by atoms with Gasteiger partial charge < -0.3 is 24.6 Å². The van der Waals surface area contributed by atoms with Gasteiger partial charge in [0.15, 0.2) is 12.0 Å². The van der Waals surface area contributed by atoms with Gasteiger partial charge in [-0.25, -0.2) is 15.4 Å². The van der Waals surface area contributed by atoms with E-state index in [1.165, 1.54) is 24.9 Å². The first-order chi connectivity index (χ1) is 11.5. The smallest absolute Gasteiger partial charge is 0.167 e. The highest BCUT2D eigenvalue weighted by molar-refractivity contribution is 5.93. The Morgan fingerprint density at radius 3 is 2.88 bits per heavy atom. The van der Waals surface area contributed by atoms with Gasteiger partial charge >= 0.3 is 0 Å². The van der Waals surface area contributed by atoms with Gasteiger partial charge in [-0.1, -0.05) is 5.92 Å². The van der Waals surface area contributed by atoms with Crippen molar-refractivity contribution in [2.75, 3.05) is 19.2 Å². The topological polar surface area (TPSA) is 122 Å². The van der Waals surface area contributed by atoms with Gasteiger partial charge in [-0.15, -0.1) is 6.42 Å². The van der Waals surface area contributed by atoms with E-state index in [4.69, 9.17) is 16.0 Å². The van der Waals surface area contributed by atoms with Crippen molar-refractivity contribution in [3.05, 3.63) is 18.1 Å². The molecule has 0 radical (unpaired) electrons. The summed E-state index contributed by atoms with van der Waals surface area (Å²) in [4.78, 5) is 13.2. The van der Waals surface area contributed by atoms with Crippen LogP contribution in [-0.4, -0.2) is 61.4 Å². The molecule has 24 heavy (non-hydrogen) atoms. The molecule has 1 saturated heterocycles. The minimum absolute atomic E-state index is 0.367. The molecule has 0 spiro atoms. The predicted molar refractivity (Wildman–Crippen MR) is 83.7 cm³/mol. The number of terminal acetylenes is 1. The minimum atomic E-state index is -1.65. The minimum Gasteiger partial charge on any atom is -0.394 e. The van der Waals surface area contributed by atoms with Crippen molar-refractivity contribution in [2.24, 2.45) is 0 Å². The third-order valence-corrected chi connectivity index (χ3v) is 4.15. The Hall–Kier alpha value is -2.22. The number of nitrogens with one attached hydrogen (secondary N) is 1. The van der Waals surface area contributed by atoms with Crippen LogP contribution in [0.25, 0.3) is 11.0 Å². The normalized spacial score (nSPS) is 29.8. The summed E-state index contributed by atoms with van der Waals surface area (Å²) in [6.45, 7) is 0.995. The van der Waals surface area contributed by atoms with E-state index >= 15 is 0 Å². The number of fused-ring (bicyclic) bond motifs is 1. The monoisotopic (exact) mass is 334 g/mol. The number of hydrogen-bond donors (Lipinski definition) is 4. The summed E-state index contributed by atoms with van der Waals surface area (Å²) in [7, 11) is 1.44. The zero-order valence-electron chi connectivity index (χ0n) is 13.2. The molecule has 2 aromatic heterocycles. The van der Waals surface area contributed by atoms with E-state index in [0.717, 1.165) is 0 Å². The predicted octanol–water partition coefficient (Wildman–Crippen LogP) is -0.613. The maximum Gasteiger partial charge on any atom is 0.167 e. The molecule has 0 saturated carbocycles. The number of ether oxygens (including phenoxy) is 1. The van der Waals surface area contributed by atoms with Gasteiger partial charge in [0.05, 0.1) is 24.7 Å². The fourth-order valence-electron chi connectivity index (χ4n) is 2.94. The summed E-state index contributed by atoms with van der Waals surface area (Å²) < 4.78 is 7.14. The molecule has 1 aliphatic heterocycles. The SMILES string of the molecule is C#Cc1cn([C@@H]2O[C@H](CO)[C@@H](O)[C@@]2(C)O)c2ncnc(NOC)c12. The molecule has 3 rings (SSSR count). The van der Waals surface area contributed by atoms with Crippen LogP contribution in [0.3, 0.4) is 0 Å². The molecule has 128 valence electrons. The van der Waals surface area contributed by atoms with Crippen molar-refractivity contribution in [1.29, 1.82) is 0 Å². The van der Waals surface area contributed by atoms with Gasteiger partial charge in [-0.05, 0) is 6.92 Å². The van der Waals surface area contributed by atoms with Crippen LogP contribution in [0.15, 0.2) is 12.5 Å². The van der Waals surface area contributed by atoms with E-state index in [1.807, 2.05) is 0 Å². The third-order valence-electron chi connectivity index (χ3n) is 4.15. The van der Waals surface area contributed by atoms with Gasteiger partial charge in [-0.3, -0.25) is 4.84 Å². The quantitative estimate of drug-likeness (QED) is 0.431. The largest absolute Gasteiger partial charge is 0.394 e. The molecule has 2 aromatic rings. The van der Waals surface area contributed by atoms with Crippen LogP contribution in [-0.2, 0) is 9.57 Å². The number of hydrogen-bond acceptors (Lipinski definition) is 8. The van der Waals surface area contributed by atoms with E-state index in [1.54, 1.807) is 6.20 Å². The van der Waals surface area contributed by atoms with Crippen LogP contribution in [0.4, 0.5) is 5.82 Å². The second kappa shape index (κ2) is 6.01. The Bertz CT molecular complexity index is 797. The second-order valence-corrected chi connectivity index (χ2v) is 5.70. The number of anilines is 1. The van der Waals surface area contributed by atoms with Crippen molar-refractivity contribution < 1.29 is 24.9 Å². The summed E-state index contributed by atoms with van der Waals surface area (Å²) in [5.41, 5.74) is 1.84. The van der Waals surface area contributed by atoms with E-state index in [-0.39, 0.29) is 0 Å². The lowest BCUT2D eigenvalue weighted by Crippen LogP contribution is -2.44. The first-order valence-corrected chi connectivity index (χ1v) is 7.23. The lowest BCUT2D eigenvalue weighted by Gasteiger charge is -2.27. The summed E-state index contributed by atoms with van der Waals surface area (Å²) in [6.07, 6.45) is 5.27. The fourth-order valence-corrected chi connectivity index (χ4v) is 2.94. The fraction of sp³-hybridized carbons (Fsp3) is 0.467. The number of nitrogens with zero attached hydrogens (tertiary/aromatic N) is 3. The zero-order chi connectivity index (χ0) is 17.5. The van der Waals surface area contributed by atoms with Crippen molar-refractivity contribution in [3.8, 4) is 12.3 Å². The number of aliphatic hydroxyl groups excluding tert-OH is 2. The molecular weight excluding hydrogens is 316 g/mol. The number of aliphatic hydroxyl groups is 3. The van der Waals surface area contributed by atoms with E-state index in [9.17, 15) is 15.3 Å². The Morgan fingerprint density at radius 1 is 1.54 bits per heavy atom. The lowest BCUT2D eigenvalue weighted by molar-refractivity contribution is -0.0948. The second-order valence-electron chi connectivity index (χ2n) is 5.70. The van der Waals surface area contributed by atoms with Crippen molar-refractivity contribution in [3.63, 3.8) is 0 Å². The Kier molecular flexibility index (Phi) is 4.16. The van der Waals surface area contributed by atoms with Crippen molar-refractivity contribution in [1.82, 2.24) is 14.5 Å². The molecule has 0 unspecified atom stereocenters. The average molecular weight is 334 g/mol. The Morgan fingerprint density at radius 2 is 2.29 bits per heavy atom. The standard InChI is InChI=1S/C15H18N4O5/c1-4-8-5-19(13-10(8)12(18-23-3)16-7-17-13)14-15(2,22)11(21)9(6-20)24-14/h1,5,7,9,11,14,20-22H,6H2,2-3H3,(H,16,17,18)/t9-,11-,14-,15-/m1/s1. The highest BCUT2D eigenvalue weighted by atomic mass is 16.6. The van der Waals surface area contributed by atoms with Crippen LogP contribution in [0.1, 0.15) is 18.7 Å². The Labute approximate surface area is 137 Å². The molecule has 0 amide bonds. The molecule has 0 aromatic carbocycles. The highest BCUT2D eigenvalue weighted by Crippen LogP contribution is 2.40. The molecule has 0 bridgehead atoms. The van der Waals surface area contributed by atoms with E-state index in [2.05, 4.69) is 21.4 Å². The van der Waals surface area contributed by atoms with Crippen LogP contribution >= 0.6 is 0 Å². The van der Waals surface area contributed by atoms with Gasteiger partial charge in [0, 0.05) is 6.20 Å². The van der Waals surface area contributed by atoms with Gasteiger partial charge in [0.1, 0.15) is 29.8 Å². The van der Waals surface area contributed by atoms with Gasteiger partial charge in [-0.2, -0.15) is 0 Å². The van der Waals surface area contributed by atoms with Crippen molar-refractivity contribution >= 4 is 16.9 Å². The molecule has 1 fully saturated rings. The Balaban J connectivity index is 2.18. The summed E-state index contributed by atoms with van der Waals surface area (Å²) >= 11 is 0. The molecule has 9 heteroatoms. The molecular formula is C15H18N4O5. The van der Waals surface area contributed by atoms with Gasteiger partial charge in [0.25, 0.3) is 0 Å². The maximum absolute atomic E-state index is 10.6. The third kappa shape index (κ3) is 2.32. The van der Waals surface area contributed by atoms with Crippen LogP contribution in [0.5, 0.6) is 0 Å². The first-order valence-electron chi connectivity index (χ1n) is 7.23. The summed E-state index contributed by atoms with van der Waals surface area (Å²) in [5.74, 6) is 2.90. The molecule has 4 atom stereocenters. The summed E-state index contributed by atoms with van der Waals surface area (Å²) in [6, 6.07) is 0.